The monoisotopic (exact) mass is 394 g/mol. The first-order valence-corrected chi connectivity index (χ1v) is 10.5. The van der Waals surface area contributed by atoms with E-state index in [-0.39, 0.29) is 11.5 Å². The number of para-hydroxylation sites is 1. The normalized spacial score (nSPS) is 17.8. The number of aryl methyl sites for hydroxylation is 2. The number of likely N-dealkylation sites (tertiary alicyclic amines) is 1. The van der Waals surface area contributed by atoms with Gasteiger partial charge in [-0.15, -0.1) is 0 Å². The molecule has 1 aromatic carbocycles. The van der Waals surface area contributed by atoms with Crippen LogP contribution in [-0.2, 0) is 14.1 Å². The molecule has 29 heavy (non-hydrogen) atoms. The van der Waals surface area contributed by atoms with Gasteiger partial charge in [-0.25, -0.2) is 0 Å². The summed E-state index contributed by atoms with van der Waals surface area (Å²) in [5, 5.41) is 4.60. The average Bonchev–Trinajstić information content (AvgIpc) is 3.07. The van der Waals surface area contributed by atoms with Gasteiger partial charge in [-0.05, 0) is 50.4 Å². The number of nitrogens with one attached hydrogen (secondary N) is 1. The van der Waals surface area contributed by atoms with Gasteiger partial charge in [0.25, 0.3) is 11.5 Å². The van der Waals surface area contributed by atoms with Gasteiger partial charge >= 0.3 is 0 Å². The molecular weight excluding hydrogens is 364 g/mol. The van der Waals surface area contributed by atoms with Gasteiger partial charge in [0, 0.05) is 32.6 Å². The van der Waals surface area contributed by atoms with Crippen molar-refractivity contribution in [2.45, 2.75) is 26.2 Å². The number of carbonyl (C=O) groups excluding carboxylic acids is 1. The molecule has 0 aliphatic carbocycles. The average molecular weight is 395 g/mol. The predicted octanol–water partition coefficient (Wildman–Crippen LogP) is 2.88. The Morgan fingerprint density at radius 3 is 2.76 bits per heavy atom. The van der Waals surface area contributed by atoms with Gasteiger partial charge in [0.1, 0.15) is 5.69 Å². The van der Waals surface area contributed by atoms with Gasteiger partial charge in [-0.3, -0.25) is 9.59 Å². The smallest absolute Gasteiger partial charge is 0.267 e. The SMILES string of the molecule is CC1CCCN(CCCNC(=O)c2cc3c(=O)n(C)c4ccccc4c3n2C)C1. The van der Waals surface area contributed by atoms with Crippen LogP contribution in [0.5, 0.6) is 0 Å². The Bertz CT molecular complexity index is 1110. The van der Waals surface area contributed by atoms with E-state index in [1.165, 1.54) is 12.8 Å². The van der Waals surface area contributed by atoms with Crippen molar-refractivity contribution in [3.63, 3.8) is 0 Å². The van der Waals surface area contributed by atoms with Crippen LogP contribution in [-0.4, -0.2) is 46.1 Å². The molecule has 1 unspecified atom stereocenters. The minimum atomic E-state index is -0.123. The van der Waals surface area contributed by atoms with Gasteiger partial charge < -0.3 is 19.4 Å². The van der Waals surface area contributed by atoms with Gasteiger partial charge in [0.2, 0.25) is 0 Å². The molecule has 1 N–H and O–H groups in total. The summed E-state index contributed by atoms with van der Waals surface area (Å²) in [6.07, 6.45) is 3.53. The van der Waals surface area contributed by atoms with Crippen LogP contribution in [0.3, 0.4) is 0 Å². The van der Waals surface area contributed by atoms with Crippen molar-refractivity contribution in [3.8, 4) is 0 Å². The number of rotatable bonds is 5. The Morgan fingerprint density at radius 1 is 1.17 bits per heavy atom. The molecule has 4 rings (SSSR count). The van der Waals surface area contributed by atoms with E-state index < -0.39 is 0 Å². The van der Waals surface area contributed by atoms with Crippen molar-refractivity contribution in [1.82, 2.24) is 19.4 Å². The van der Waals surface area contributed by atoms with Crippen LogP contribution in [0.25, 0.3) is 21.8 Å². The van der Waals surface area contributed by atoms with E-state index in [0.717, 1.165) is 48.4 Å². The van der Waals surface area contributed by atoms with E-state index in [4.69, 9.17) is 0 Å². The lowest BCUT2D eigenvalue weighted by molar-refractivity contribution is 0.0942. The van der Waals surface area contributed by atoms with Gasteiger partial charge in [0.15, 0.2) is 0 Å². The van der Waals surface area contributed by atoms with Crippen molar-refractivity contribution in [1.29, 1.82) is 0 Å². The number of aromatic nitrogens is 2. The quantitative estimate of drug-likeness (QED) is 0.677. The topological polar surface area (TPSA) is 59.3 Å². The number of nitrogens with zero attached hydrogens (tertiary/aromatic N) is 3. The zero-order valence-corrected chi connectivity index (χ0v) is 17.6. The summed E-state index contributed by atoms with van der Waals surface area (Å²) < 4.78 is 3.50. The first kappa shape index (κ1) is 19.7. The molecule has 1 amide bonds. The van der Waals surface area contributed by atoms with Crippen molar-refractivity contribution >= 4 is 27.7 Å². The highest BCUT2D eigenvalue weighted by Gasteiger charge is 2.19. The number of hydrogen-bond acceptors (Lipinski definition) is 3. The van der Waals surface area contributed by atoms with Gasteiger partial charge in [-0.2, -0.15) is 0 Å². The summed E-state index contributed by atoms with van der Waals surface area (Å²) in [5.74, 6) is 0.647. The van der Waals surface area contributed by atoms with Crippen LogP contribution < -0.4 is 10.9 Å². The lowest BCUT2D eigenvalue weighted by atomic mass is 10.0. The van der Waals surface area contributed by atoms with E-state index in [0.29, 0.717) is 17.6 Å². The number of amides is 1. The second-order valence-electron chi connectivity index (χ2n) is 8.39. The number of benzene rings is 1. The largest absolute Gasteiger partial charge is 0.351 e. The van der Waals surface area contributed by atoms with Crippen LogP contribution in [0.4, 0.5) is 0 Å². The van der Waals surface area contributed by atoms with Crippen LogP contribution >= 0.6 is 0 Å². The minimum absolute atomic E-state index is 0.0763. The summed E-state index contributed by atoms with van der Waals surface area (Å²) in [5.41, 5.74) is 2.14. The number of hydrogen-bond donors (Lipinski definition) is 1. The lowest BCUT2D eigenvalue weighted by Crippen LogP contribution is -2.36. The number of carbonyl (C=O) groups is 1. The minimum Gasteiger partial charge on any atom is -0.351 e. The fourth-order valence-electron chi connectivity index (χ4n) is 4.65. The highest BCUT2D eigenvalue weighted by molar-refractivity contribution is 6.08. The molecule has 1 fully saturated rings. The van der Waals surface area contributed by atoms with Crippen LogP contribution in [0.2, 0.25) is 0 Å². The molecule has 3 heterocycles. The maximum absolute atomic E-state index is 12.8. The first-order chi connectivity index (χ1) is 14.0. The van der Waals surface area contributed by atoms with Gasteiger partial charge in [0.05, 0.1) is 16.4 Å². The van der Waals surface area contributed by atoms with E-state index in [1.807, 2.05) is 35.9 Å². The molecule has 0 spiro atoms. The summed E-state index contributed by atoms with van der Waals surface area (Å²) in [6, 6.07) is 9.54. The van der Waals surface area contributed by atoms with Crippen molar-refractivity contribution in [3.05, 3.63) is 46.4 Å². The molecule has 1 saturated heterocycles. The molecule has 3 aromatic rings. The lowest BCUT2D eigenvalue weighted by Gasteiger charge is -2.30. The fraction of sp³-hybridized carbons (Fsp3) is 0.478. The Morgan fingerprint density at radius 2 is 1.97 bits per heavy atom. The zero-order valence-electron chi connectivity index (χ0n) is 17.6. The molecule has 2 aromatic heterocycles. The molecule has 154 valence electrons. The van der Waals surface area contributed by atoms with E-state index in [2.05, 4.69) is 17.1 Å². The first-order valence-electron chi connectivity index (χ1n) is 10.5. The number of fused-ring (bicyclic) bond motifs is 3. The van der Waals surface area contributed by atoms with Crippen LogP contribution in [0.1, 0.15) is 36.7 Å². The van der Waals surface area contributed by atoms with Crippen molar-refractivity contribution in [2.75, 3.05) is 26.2 Å². The fourth-order valence-corrected chi connectivity index (χ4v) is 4.65. The molecule has 1 atom stereocenters. The summed E-state index contributed by atoms with van der Waals surface area (Å²) in [4.78, 5) is 28.1. The summed E-state index contributed by atoms with van der Waals surface area (Å²) in [7, 11) is 3.64. The third-order valence-electron chi connectivity index (χ3n) is 6.20. The molecule has 0 saturated carbocycles. The summed E-state index contributed by atoms with van der Waals surface area (Å²) in [6.45, 7) is 6.29. The molecule has 0 radical (unpaired) electrons. The molecule has 0 bridgehead atoms. The number of pyridine rings is 1. The van der Waals surface area contributed by atoms with Crippen molar-refractivity contribution in [2.24, 2.45) is 20.0 Å². The van der Waals surface area contributed by atoms with E-state index in [1.54, 1.807) is 17.7 Å². The Kier molecular flexibility index (Phi) is 5.46. The Balaban J connectivity index is 1.51. The molecule has 1 aliphatic rings. The Hall–Kier alpha value is -2.60. The van der Waals surface area contributed by atoms with E-state index >= 15 is 0 Å². The second kappa shape index (κ2) is 8.03. The van der Waals surface area contributed by atoms with E-state index in [9.17, 15) is 9.59 Å². The molecule has 6 nitrogen and oxygen atoms in total. The third kappa shape index (κ3) is 3.69. The second-order valence-corrected chi connectivity index (χ2v) is 8.39. The van der Waals surface area contributed by atoms with Crippen molar-refractivity contribution < 1.29 is 4.79 Å². The maximum atomic E-state index is 12.8. The van der Waals surface area contributed by atoms with Crippen LogP contribution in [0.15, 0.2) is 35.1 Å². The van der Waals surface area contributed by atoms with Crippen LogP contribution in [0, 0.1) is 5.92 Å². The standard InChI is InChI=1S/C23H30N4O2/c1-16-8-6-12-27(15-16)13-7-11-24-22(28)20-14-18-21(25(20)2)17-9-4-5-10-19(17)26(3)23(18)29/h4-5,9-10,14,16H,6-8,11-13,15H2,1-3H3,(H,24,28). The highest BCUT2D eigenvalue weighted by Crippen LogP contribution is 2.25. The zero-order chi connectivity index (χ0) is 20.5. The number of piperidine rings is 1. The third-order valence-corrected chi connectivity index (χ3v) is 6.20. The predicted molar refractivity (Wildman–Crippen MR) is 117 cm³/mol. The Labute approximate surface area is 171 Å². The maximum Gasteiger partial charge on any atom is 0.267 e. The molecule has 6 heteroatoms. The molecule has 1 aliphatic heterocycles. The molecular formula is C23H30N4O2. The van der Waals surface area contributed by atoms with Gasteiger partial charge in [-0.1, -0.05) is 25.1 Å². The summed E-state index contributed by atoms with van der Waals surface area (Å²) >= 11 is 0. The highest BCUT2D eigenvalue weighted by atomic mass is 16.2.